The molecular formula is C24H35N5O3S2. The van der Waals surface area contributed by atoms with Crippen LogP contribution in [-0.4, -0.2) is 61.4 Å². The van der Waals surface area contributed by atoms with Gasteiger partial charge in [0.25, 0.3) is 0 Å². The Morgan fingerprint density at radius 2 is 1.94 bits per heavy atom. The van der Waals surface area contributed by atoms with Crippen LogP contribution in [0, 0.1) is 0 Å². The van der Waals surface area contributed by atoms with E-state index in [0.717, 1.165) is 61.1 Å². The summed E-state index contributed by atoms with van der Waals surface area (Å²) in [6, 6.07) is 0.470. The molecular weight excluding hydrogens is 470 g/mol. The quantitative estimate of drug-likeness (QED) is 0.335. The monoisotopic (exact) mass is 505 g/mol. The van der Waals surface area contributed by atoms with Crippen molar-refractivity contribution in [2.45, 2.75) is 84.1 Å². The highest BCUT2D eigenvalue weighted by Crippen LogP contribution is 2.41. The predicted molar refractivity (Wildman–Crippen MR) is 137 cm³/mol. The Hall–Kier alpha value is -1.91. The summed E-state index contributed by atoms with van der Waals surface area (Å²) in [5.41, 5.74) is 1.75. The van der Waals surface area contributed by atoms with Crippen LogP contribution < -0.4 is 4.74 Å². The van der Waals surface area contributed by atoms with Gasteiger partial charge in [-0.3, -0.25) is 4.79 Å². The molecule has 4 rings (SSSR count). The minimum atomic E-state index is -0.235. The van der Waals surface area contributed by atoms with Crippen LogP contribution in [0.2, 0.25) is 0 Å². The number of ether oxygens (including phenoxy) is 2. The van der Waals surface area contributed by atoms with E-state index in [1.165, 1.54) is 22.2 Å². The molecule has 1 aliphatic rings. The second kappa shape index (κ2) is 10.8. The maximum atomic E-state index is 13.0. The van der Waals surface area contributed by atoms with Crippen molar-refractivity contribution in [3.63, 3.8) is 0 Å². The molecule has 0 unspecified atom stereocenters. The van der Waals surface area contributed by atoms with Gasteiger partial charge in [0.2, 0.25) is 5.91 Å². The number of hydrogen-bond donors (Lipinski definition) is 0. The standard InChI is InChI=1S/C24H35N5O3S2/c1-6-9-11-28(12-10-7-2)18(30)15-33-23-27-26-20-19-16-13-24(4,5)32-14-17(16)34-21(19)25-22(29(20)23)31-8-3/h6-15H2,1-5H3. The summed E-state index contributed by atoms with van der Waals surface area (Å²) in [5.74, 6) is 0.461. The number of unbranched alkanes of at least 4 members (excludes halogenated alkanes) is 2. The molecule has 0 saturated carbocycles. The smallest absolute Gasteiger partial charge is 0.305 e. The van der Waals surface area contributed by atoms with Crippen LogP contribution in [0.25, 0.3) is 15.9 Å². The zero-order valence-corrected chi connectivity index (χ0v) is 22.5. The van der Waals surface area contributed by atoms with E-state index in [0.29, 0.717) is 30.1 Å². The van der Waals surface area contributed by atoms with Gasteiger partial charge >= 0.3 is 6.01 Å². The van der Waals surface area contributed by atoms with Crippen molar-refractivity contribution in [3.05, 3.63) is 10.4 Å². The molecule has 4 heterocycles. The first-order chi connectivity index (χ1) is 16.4. The summed E-state index contributed by atoms with van der Waals surface area (Å²) in [4.78, 5) is 21.9. The molecule has 0 saturated heterocycles. The molecule has 0 N–H and O–H groups in total. The minimum Gasteiger partial charge on any atom is -0.465 e. The van der Waals surface area contributed by atoms with Gasteiger partial charge in [-0.25, -0.2) is 4.40 Å². The highest BCUT2D eigenvalue weighted by atomic mass is 32.2. The van der Waals surface area contributed by atoms with Gasteiger partial charge in [-0.15, -0.1) is 21.5 Å². The van der Waals surface area contributed by atoms with Gasteiger partial charge in [0.1, 0.15) is 4.83 Å². The molecule has 8 nitrogen and oxygen atoms in total. The molecule has 0 aliphatic carbocycles. The first-order valence-corrected chi connectivity index (χ1v) is 14.0. The summed E-state index contributed by atoms with van der Waals surface area (Å²) in [5, 5.41) is 10.7. The molecule has 186 valence electrons. The largest absolute Gasteiger partial charge is 0.465 e. The number of rotatable bonds is 11. The number of thiophene rings is 1. The number of carbonyl (C=O) groups excluding carboxylic acids is 1. The van der Waals surface area contributed by atoms with Gasteiger partial charge < -0.3 is 14.4 Å². The second-order valence-corrected chi connectivity index (χ2v) is 11.3. The van der Waals surface area contributed by atoms with Crippen molar-refractivity contribution in [2.24, 2.45) is 0 Å². The normalized spacial score (nSPS) is 15.1. The van der Waals surface area contributed by atoms with Crippen molar-refractivity contribution in [2.75, 3.05) is 25.4 Å². The van der Waals surface area contributed by atoms with Gasteiger partial charge in [-0.1, -0.05) is 38.5 Å². The molecule has 0 fully saturated rings. The third kappa shape index (κ3) is 5.18. The van der Waals surface area contributed by atoms with Crippen LogP contribution in [0.4, 0.5) is 0 Å². The molecule has 0 bridgehead atoms. The lowest BCUT2D eigenvalue weighted by atomic mass is 9.94. The lowest BCUT2D eigenvalue weighted by molar-refractivity contribution is -0.128. The summed E-state index contributed by atoms with van der Waals surface area (Å²) in [6.45, 7) is 13.1. The number of nitrogens with zero attached hydrogens (tertiary/aromatic N) is 5. The van der Waals surface area contributed by atoms with Crippen molar-refractivity contribution >= 4 is 44.9 Å². The first-order valence-electron chi connectivity index (χ1n) is 12.2. The minimum absolute atomic E-state index is 0.141. The van der Waals surface area contributed by atoms with Crippen LogP contribution in [0.3, 0.4) is 0 Å². The maximum absolute atomic E-state index is 13.0. The van der Waals surface area contributed by atoms with Crippen molar-refractivity contribution in [1.29, 1.82) is 0 Å². The van der Waals surface area contributed by atoms with Gasteiger partial charge in [-0.2, -0.15) is 4.98 Å². The Labute approximate surface area is 209 Å². The average Bonchev–Trinajstić information content (AvgIpc) is 3.38. The SMILES string of the molecule is CCCCN(CCCC)C(=O)CSc1nnc2c3c4c(sc3nc(OCC)n12)COC(C)(C)C4. The van der Waals surface area contributed by atoms with Gasteiger partial charge in [0.15, 0.2) is 10.8 Å². The summed E-state index contributed by atoms with van der Waals surface area (Å²) >= 11 is 3.04. The van der Waals surface area contributed by atoms with Crippen LogP contribution >= 0.6 is 23.1 Å². The fraction of sp³-hybridized carbons (Fsp3) is 0.667. The second-order valence-electron chi connectivity index (χ2n) is 9.25. The van der Waals surface area contributed by atoms with E-state index in [4.69, 9.17) is 14.5 Å². The third-order valence-corrected chi connectivity index (χ3v) is 8.04. The summed E-state index contributed by atoms with van der Waals surface area (Å²) < 4.78 is 13.8. The van der Waals surface area contributed by atoms with Gasteiger partial charge in [-0.05, 0) is 39.2 Å². The molecule has 0 aromatic carbocycles. The first kappa shape index (κ1) is 25.2. The Kier molecular flexibility index (Phi) is 7.99. The van der Waals surface area contributed by atoms with Crippen molar-refractivity contribution in [3.8, 4) is 6.01 Å². The van der Waals surface area contributed by atoms with E-state index in [9.17, 15) is 4.79 Å². The van der Waals surface area contributed by atoms with E-state index in [-0.39, 0.29) is 11.5 Å². The highest BCUT2D eigenvalue weighted by molar-refractivity contribution is 7.99. The fourth-order valence-corrected chi connectivity index (χ4v) is 6.10. The number of fused-ring (bicyclic) bond motifs is 5. The number of amides is 1. The molecule has 1 aliphatic heterocycles. The summed E-state index contributed by atoms with van der Waals surface area (Å²) in [6.07, 6.45) is 4.99. The molecule has 0 spiro atoms. The zero-order chi connectivity index (χ0) is 24.3. The predicted octanol–water partition coefficient (Wildman–Crippen LogP) is 5.11. The fourth-order valence-electron chi connectivity index (χ4n) is 4.19. The van der Waals surface area contributed by atoms with Gasteiger partial charge in [0.05, 0.1) is 30.0 Å². The molecule has 0 radical (unpaired) electrons. The summed E-state index contributed by atoms with van der Waals surface area (Å²) in [7, 11) is 0. The molecule has 1 amide bonds. The van der Waals surface area contributed by atoms with Crippen molar-refractivity contribution < 1.29 is 14.3 Å². The lowest BCUT2D eigenvalue weighted by Gasteiger charge is -2.30. The number of hydrogen-bond acceptors (Lipinski definition) is 8. The number of aromatic nitrogens is 4. The van der Waals surface area contributed by atoms with E-state index < -0.39 is 0 Å². The lowest BCUT2D eigenvalue weighted by Crippen LogP contribution is -2.34. The van der Waals surface area contributed by atoms with E-state index in [1.54, 1.807) is 11.3 Å². The van der Waals surface area contributed by atoms with Crippen LogP contribution in [0.1, 0.15) is 70.7 Å². The number of carbonyl (C=O) groups is 1. The Morgan fingerprint density at radius 3 is 2.62 bits per heavy atom. The number of thioether (sulfide) groups is 1. The van der Waals surface area contributed by atoms with E-state index in [2.05, 4.69) is 37.9 Å². The van der Waals surface area contributed by atoms with E-state index >= 15 is 0 Å². The van der Waals surface area contributed by atoms with Gasteiger partial charge in [0, 0.05) is 24.4 Å². The third-order valence-electron chi connectivity index (χ3n) is 6.03. The molecule has 34 heavy (non-hydrogen) atoms. The molecule has 3 aromatic rings. The molecule has 0 atom stereocenters. The molecule has 10 heteroatoms. The molecule has 3 aromatic heterocycles. The Bertz CT molecular complexity index is 1150. The van der Waals surface area contributed by atoms with Crippen LogP contribution in [0.15, 0.2) is 5.16 Å². The van der Waals surface area contributed by atoms with E-state index in [1.807, 2.05) is 16.2 Å². The van der Waals surface area contributed by atoms with Crippen molar-refractivity contribution in [1.82, 2.24) is 24.5 Å². The Balaban J connectivity index is 1.66. The van der Waals surface area contributed by atoms with Crippen LogP contribution in [-0.2, 0) is 22.6 Å². The van der Waals surface area contributed by atoms with Crippen LogP contribution in [0.5, 0.6) is 6.01 Å². The zero-order valence-electron chi connectivity index (χ0n) is 20.8. The maximum Gasteiger partial charge on any atom is 0.305 e. The Morgan fingerprint density at radius 1 is 1.21 bits per heavy atom. The average molecular weight is 506 g/mol. The topological polar surface area (TPSA) is 81.9 Å². The highest BCUT2D eigenvalue weighted by Gasteiger charge is 2.32.